The van der Waals surface area contributed by atoms with Crippen molar-refractivity contribution in [1.29, 1.82) is 0 Å². The van der Waals surface area contributed by atoms with Crippen LogP contribution in [0.1, 0.15) is 36.8 Å². The molecular formula is C25H30Cl2N2O. The lowest BCUT2D eigenvalue weighted by Crippen LogP contribution is -2.47. The fourth-order valence-corrected chi connectivity index (χ4v) is 5.39. The minimum Gasteiger partial charge on any atom is -0.342 e. The van der Waals surface area contributed by atoms with E-state index in [2.05, 4.69) is 40.1 Å². The number of rotatable bonds is 5. The topological polar surface area (TPSA) is 23.6 Å². The van der Waals surface area contributed by atoms with Crippen LogP contribution in [0.5, 0.6) is 0 Å². The normalized spacial score (nSPS) is 21.0. The Balaban J connectivity index is 1.29. The van der Waals surface area contributed by atoms with Gasteiger partial charge in [-0.05, 0) is 62.3 Å². The summed E-state index contributed by atoms with van der Waals surface area (Å²) >= 11 is 12.7. The Morgan fingerprint density at radius 1 is 0.900 bits per heavy atom. The van der Waals surface area contributed by atoms with Crippen LogP contribution >= 0.6 is 23.2 Å². The number of amides is 1. The number of nitrogens with zero attached hydrogens (tertiary/aromatic N) is 2. The summed E-state index contributed by atoms with van der Waals surface area (Å²) in [7, 11) is 0. The zero-order chi connectivity index (χ0) is 20.9. The number of hydrogen-bond donors (Lipinski definition) is 0. The Morgan fingerprint density at radius 3 is 2.30 bits per heavy atom. The van der Waals surface area contributed by atoms with Crippen LogP contribution in [-0.4, -0.2) is 41.9 Å². The molecule has 0 radical (unpaired) electrons. The molecule has 2 heterocycles. The smallest absolute Gasteiger partial charge is 0.226 e. The van der Waals surface area contributed by atoms with E-state index in [9.17, 15) is 4.79 Å². The second-order valence-electron chi connectivity index (χ2n) is 8.73. The number of carbonyl (C=O) groups is 1. The van der Waals surface area contributed by atoms with Gasteiger partial charge >= 0.3 is 0 Å². The van der Waals surface area contributed by atoms with Gasteiger partial charge in [0.1, 0.15) is 0 Å². The number of carbonyl (C=O) groups excluding carboxylic acids is 1. The maximum atomic E-state index is 13.2. The van der Waals surface area contributed by atoms with E-state index in [0.717, 1.165) is 63.8 Å². The molecule has 1 unspecified atom stereocenters. The first kappa shape index (κ1) is 21.7. The van der Waals surface area contributed by atoms with Gasteiger partial charge in [-0.3, -0.25) is 9.69 Å². The zero-order valence-electron chi connectivity index (χ0n) is 17.4. The summed E-state index contributed by atoms with van der Waals surface area (Å²) < 4.78 is 0. The second-order valence-corrected chi connectivity index (χ2v) is 9.55. The van der Waals surface area contributed by atoms with Crippen molar-refractivity contribution in [3.63, 3.8) is 0 Å². The van der Waals surface area contributed by atoms with Crippen molar-refractivity contribution in [2.75, 3.05) is 26.2 Å². The van der Waals surface area contributed by atoms with E-state index in [-0.39, 0.29) is 5.92 Å². The Morgan fingerprint density at radius 2 is 1.60 bits per heavy atom. The van der Waals surface area contributed by atoms with E-state index in [1.165, 1.54) is 5.56 Å². The van der Waals surface area contributed by atoms with Gasteiger partial charge in [-0.2, -0.15) is 0 Å². The third kappa shape index (κ3) is 5.38. The van der Waals surface area contributed by atoms with Gasteiger partial charge in [-0.25, -0.2) is 0 Å². The van der Waals surface area contributed by atoms with Crippen molar-refractivity contribution in [1.82, 2.24) is 9.80 Å². The Labute approximate surface area is 190 Å². The molecule has 1 atom stereocenters. The molecule has 0 spiro atoms. The molecule has 5 heteroatoms. The molecule has 0 aliphatic carbocycles. The van der Waals surface area contributed by atoms with Crippen molar-refractivity contribution in [3.05, 3.63) is 69.7 Å². The lowest BCUT2D eigenvalue weighted by molar-refractivity contribution is -0.138. The van der Waals surface area contributed by atoms with E-state index in [1.54, 1.807) is 0 Å². The van der Waals surface area contributed by atoms with Crippen LogP contribution in [0.4, 0.5) is 0 Å². The SMILES string of the molecule is O=C(C1CCCN(Cc2c(Cl)cccc2Cl)C1)N1CCC(Cc2ccccc2)CC1. The average molecular weight is 445 g/mol. The molecule has 0 aromatic heterocycles. The van der Waals surface area contributed by atoms with E-state index in [4.69, 9.17) is 23.2 Å². The Kier molecular flexibility index (Phi) is 7.35. The highest BCUT2D eigenvalue weighted by Crippen LogP contribution is 2.29. The molecule has 1 amide bonds. The van der Waals surface area contributed by atoms with E-state index in [0.29, 0.717) is 28.4 Å². The van der Waals surface area contributed by atoms with E-state index < -0.39 is 0 Å². The molecule has 0 saturated carbocycles. The average Bonchev–Trinajstić information content (AvgIpc) is 2.77. The summed E-state index contributed by atoms with van der Waals surface area (Å²) in [5.74, 6) is 1.11. The Bertz CT molecular complexity index is 829. The van der Waals surface area contributed by atoms with Crippen molar-refractivity contribution >= 4 is 29.1 Å². The monoisotopic (exact) mass is 444 g/mol. The van der Waals surface area contributed by atoms with Crippen LogP contribution in [0.15, 0.2) is 48.5 Å². The van der Waals surface area contributed by atoms with Crippen LogP contribution in [-0.2, 0) is 17.8 Å². The minimum atomic E-state index is 0.0886. The fraction of sp³-hybridized carbons (Fsp3) is 0.480. The number of benzene rings is 2. The standard InChI is InChI=1S/C25H30Cl2N2O/c26-23-9-4-10-24(27)22(23)18-28-13-5-8-21(17-28)25(30)29-14-11-20(12-15-29)16-19-6-2-1-3-7-19/h1-4,6-7,9-10,20-21H,5,8,11-18H2. The van der Waals surface area contributed by atoms with Crippen molar-refractivity contribution < 1.29 is 4.79 Å². The highest BCUT2D eigenvalue weighted by Gasteiger charge is 2.31. The summed E-state index contributed by atoms with van der Waals surface area (Å²) in [5.41, 5.74) is 2.37. The number of likely N-dealkylation sites (tertiary alicyclic amines) is 2. The summed E-state index contributed by atoms with van der Waals surface area (Å²) in [6.07, 6.45) is 5.36. The highest BCUT2D eigenvalue weighted by atomic mass is 35.5. The molecule has 3 nitrogen and oxygen atoms in total. The molecule has 30 heavy (non-hydrogen) atoms. The van der Waals surface area contributed by atoms with Gasteiger partial charge in [0.25, 0.3) is 0 Å². The van der Waals surface area contributed by atoms with Crippen LogP contribution in [0.3, 0.4) is 0 Å². The minimum absolute atomic E-state index is 0.0886. The van der Waals surface area contributed by atoms with Gasteiger partial charge < -0.3 is 4.90 Å². The molecule has 0 N–H and O–H groups in total. The van der Waals surface area contributed by atoms with Crippen LogP contribution < -0.4 is 0 Å². The van der Waals surface area contributed by atoms with Crippen molar-refractivity contribution in [2.24, 2.45) is 11.8 Å². The van der Waals surface area contributed by atoms with E-state index >= 15 is 0 Å². The van der Waals surface area contributed by atoms with Crippen LogP contribution in [0, 0.1) is 11.8 Å². The molecule has 2 aromatic rings. The highest BCUT2D eigenvalue weighted by molar-refractivity contribution is 6.35. The number of hydrogen-bond acceptors (Lipinski definition) is 2. The quantitative estimate of drug-likeness (QED) is 0.591. The summed E-state index contributed by atoms with van der Waals surface area (Å²) in [6.45, 7) is 4.28. The lowest BCUT2D eigenvalue weighted by Gasteiger charge is -2.38. The fourth-order valence-electron chi connectivity index (χ4n) is 4.87. The van der Waals surface area contributed by atoms with Gasteiger partial charge in [0.05, 0.1) is 5.92 Å². The first-order chi connectivity index (χ1) is 14.6. The van der Waals surface area contributed by atoms with Gasteiger partial charge in [-0.1, -0.05) is 59.6 Å². The van der Waals surface area contributed by atoms with Gasteiger partial charge in [0.15, 0.2) is 0 Å². The van der Waals surface area contributed by atoms with Crippen LogP contribution in [0.25, 0.3) is 0 Å². The zero-order valence-corrected chi connectivity index (χ0v) is 18.9. The van der Waals surface area contributed by atoms with Crippen molar-refractivity contribution in [3.8, 4) is 0 Å². The molecule has 2 fully saturated rings. The third-order valence-corrected chi connectivity index (χ3v) is 7.30. The molecule has 2 aromatic carbocycles. The largest absolute Gasteiger partial charge is 0.342 e. The lowest BCUT2D eigenvalue weighted by atomic mass is 9.89. The Hall–Kier alpha value is -1.55. The molecule has 2 aliphatic rings. The maximum absolute atomic E-state index is 13.2. The summed E-state index contributed by atoms with van der Waals surface area (Å²) in [4.78, 5) is 17.6. The first-order valence-corrected chi connectivity index (χ1v) is 11.8. The molecule has 2 saturated heterocycles. The molecular weight excluding hydrogens is 415 g/mol. The second kappa shape index (κ2) is 10.2. The van der Waals surface area contributed by atoms with Gasteiger partial charge in [0.2, 0.25) is 5.91 Å². The maximum Gasteiger partial charge on any atom is 0.226 e. The third-order valence-electron chi connectivity index (χ3n) is 6.59. The van der Waals surface area contributed by atoms with E-state index in [1.807, 2.05) is 18.2 Å². The molecule has 160 valence electrons. The summed E-state index contributed by atoms with van der Waals surface area (Å²) in [5, 5.41) is 1.41. The molecule has 0 bridgehead atoms. The molecule has 4 rings (SSSR count). The summed E-state index contributed by atoms with van der Waals surface area (Å²) in [6, 6.07) is 16.3. The van der Waals surface area contributed by atoms with Gasteiger partial charge in [-0.15, -0.1) is 0 Å². The number of halogens is 2. The first-order valence-electron chi connectivity index (χ1n) is 11.1. The predicted molar refractivity (Wildman–Crippen MR) is 124 cm³/mol. The molecule has 2 aliphatic heterocycles. The van der Waals surface area contributed by atoms with Gasteiger partial charge in [0, 0.05) is 41.8 Å². The van der Waals surface area contributed by atoms with Crippen molar-refractivity contribution in [2.45, 2.75) is 38.6 Å². The predicted octanol–water partition coefficient (Wildman–Crippen LogP) is 5.69. The van der Waals surface area contributed by atoms with Crippen LogP contribution in [0.2, 0.25) is 10.0 Å². The number of piperidine rings is 2.